The largest absolute Gasteiger partial charge is 0.691 e. The van der Waals surface area contributed by atoms with E-state index in [1.54, 1.807) is 0 Å². The van der Waals surface area contributed by atoms with E-state index in [9.17, 15) is 23.6 Å². The molecule has 0 bridgehead atoms. The first-order chi connectivity index (χ1) is 9.94. The van der Waals surface area contributed by atoms with Crippen molar-refractivity contribution in [1.82, 2.24) is 0 Å². The summed E-state index contributed by atoms with van der Waals surface area (Å²) in [6, 6.07) is 0. The lowest BCUT2D eigenvalue weighted by molar-refractivity contribution is -0.777. The fourth-order valence-corrected chi connectivity index (χ4v) is 1.04. The molecule has 0 aromatic rings. The molecule has 9 nitrogen and oxygen atoms in total. The number of hydrogen-bond donors (Lipinski definition) is 0. The van der Waals surface area contributed by atoms with E-state index in [-0.39, 0.29) is 13.2 Å². The Morgan fingerprint density at radius 2 is 1.81 bits per heavy atom. The number of ether oxygens (including phenoxy) is 4. The Morgan fingerprint density at radius 1 is 1.14 bits per heavy atom. The maximum Gasteiger partial charge on any atom is 0.415 e. The first-order valence-electron chi connectivity index (χ1n) is 5.35. The van der Waals surface area contributed by atoms with Gasteiger partial charge >= 0.3 is 17.2 Å². The minimum absolute atomic E-state index is 0.0732. The third-order valence-corrected chi connectivity index (χ3v) is 2.15. The molecule has 0 aliphatic carbocycles. The van der Waals surface area contributed by atoms with Crippen molar-refractivity contribution in [2.75, 3.05) is 40.1 Å². The van der Waals surface area contributed by atoms with Crippen LogP contribution in [0.1, 0.15) is 0 Å². The third kappa shape index (κ3) is 10.3. The van der Waals surface area contributed by atoms with Crippen LogP contribution in [0.4, 0.5) is 8.78 Å². The molecule has 0 saturated heterocycles. The Balaban J connectivity index is 3.74. The lowest BCUT2D eigenvalue weighted by atomic mass is 10.6. The van der Waals surface area contributed by atoms with Gasteiger partial charge in [0, 0.05) is 7.11 Å². The number of carbonyl (C=O) groups is 2. The van der Waals surface area contributed by atoms with Gasteiger partial charge in [-0.15, -0.1) is 0 Å². The molecule has 0 radical (unpaired) electrons. The van der Waals surface area contributed by atoms with Crippen molar-refractivity contribution in [3.05, 3.63) is 0 Å². The van der Waals surface area contributed by atoms with Gasteiger partial charge in [-0.1, -0.05) is 0 Å². The van der Waals surface area contributed by atoms with Crippen LogP contribution in [0.5, 0.6) is 0 Å². The third-order valence-electron chi connectivity index (χ3n) is 1.65. The Hall–Kier alpha value is -1.05. The zero-order chi connectivity index (χ0) is 16.1. The normalized spacial score (nSPS) is 11.2. The summed E-state index contributed by atoms with van der Waals surface area (Å²) in [5, 5.41) is 7.81. The van der Waals surface area contributed by atoms with Gasteiger partial charge in [0.2, 0.25) is 0 Å². The van der Waals surface area contributed by atoms with Crippen molar-refractivity contribution in [1.29, 1.82) is 0 Å². The first kappa shape index (κ1) is 19.9. The van der Waals surface area contributed by atoms with Crippen molar-refractivity contribution < 1.29 is 51.9 Å². The second-order valence-corrected chi connectivity index (χ2v) is 3.95. The van der Waals surface area contributed by atoms with Crippen molar-refractivity contribution in [3.8, 4) is 0 Å². The van der Waals surface area contributed by atoms with Gasteiger partial charge in [0.1, 0.15) is 18.6 Å². The summed E-state index contributed by atoms with van der Waals surface area (Å²) >= 11 is -0.859. The van der Waals surface area contributed by atoms with Gasteiger partial charge in [-0.05, 0) is 0 Å². The number of methoxy groups -OCH3 is 1. The van der Waals surface area contributed by atoms with Crippen molar-refractivity contribution >= 4 is 24.0 Å². The zero-order valence-corrected chi connectivity index (χ0v) is 11.7. The van der Waals surface area contributed by atoms with Crippen LogP contribution in [-0.2, 0) is 37.9 Å². The van der Waals surface area contributed by atoms with Crippen molar-refractivity contribution in [3.63, 3.8) is 0 Å². The van der Waals surface area contributed by atoms with Gasteiger partial charge in [0.25, 0.3) is 0 Å². The number of rotatable bonds is 12. The van der Waals surface area contributed by atoms with Crippen LogP contribution in [0.2, 0.25) is 0 Å². The van der Waals surface area contributed by atoms with E-state index in [0.29, 0.717) is 13.2 Å². The Bertz CT molecular complexity index is 316. The first-order valence-corrected chi connectivity index (χ1v) is 6.10. The van der Waals surface area contributed by atoms with Crippen LogP contribution in [-0.4, -0.2) is 57.3 Å². The molecule has 0 aliphatic heterocycles. The lowest BCUT2D eigenvalue weighted by Crippen LogP contribution is -2.30. The van der Waals surface area contributed by atoms with Gasteiger partial charge in [0.15, 0.2) is 6.61 Å². The monoisotopic (exact) mass is 335 g/mol. The summed E-state index contributed by atoms with van der Waals surface area (Å²) in [4.78, 5) is 21.9. The highest BCUT2D eigenvalue weighted by molar-refractivity contribution is 7.96. The highest BCUT2D eigenvalue weighted by Crippen LogP contribution is 2.30. The van der Waals surface area contributed by atoms with Crippen molar-refractivity contribution in [2.45, 2.75) is 5.25 Å². The maximum atomic E-state index is 12.8. The molecule has 12 heteroatoms. The minimum Gasteiger partial charge on any atom is -0.691 e. The van der Waals surface area contributed by atoms with E-state index in [2.05, 4.69) is 18.8 Å². The number of esters is 2. The lowest BCUT2D eigenvalue weighted by Gasteiger charge is -2.13. The van der Waals surface area contributed by atoms with Gasteiger partial charge in [-0.25, -0.2) is 9.59 Å². The fourth-order valence-electron chi connectivity index (χ4n) is 0.800. The average molecular weight is 335 g/mol. The molecule has 0 rings (SSSR count). The number of hydrogen-bond acceptors (Lipinski definition) is 10. The van der Waals surface area contributed by atoms with E-state index in [0.717, 1.165) is 0 Å². The quantitative estimate of drug-likeness (QED) is 0.148. The summed E-state index contributed by atoms with van der Waals surface area (Å²) in [5.74, 6) is -3.13. The molecule has 0 aromatic heterocycles. The molecule has 0 amide bonds. The highest BCUT2D eigenvalue weighted by atomic mass is 32.2. The van der Waals surface area contributed by atoms with Crippen LogP contribution in [0.25, 0.3) is 0 Å². The zero-order valence-electron chi connectivity index (χ0n) is 10.9. The molecule has 0 fully saturated rings. The highest BCUT2D eigenvalue weighted by Gasteiger charge is 2.44. The fraction of sp³-hybridized carbons (Fsp3) is 0.778. The Kier molecular flexibility index (Phi) is 11.0. The molecular weight excluding hydrogens is 322 g/mol. The van der Waals surface area contributed by atoms with E-state index >= 15 is 0 Å². The number of halogens is 2. The predicted molar refractivity (Wildman–Crippen MR) is 59.3 cm³/mol. The van der Waals surface area contributed by atoms with E-state index in [1.807, 2.05) is 0 Å². The minimum atomic E-state index is -4.20. The summed E-state index contributed by atoms with van der Waals surface area (Å²) in [6.45, 7) is -0.422. The molecule has 0 aromatic carbocycles. The van der Waals surface area contributed by atoms with Gasteiger partial charge in [0.05, 0.1) is 19.8 Å². The molecule has 21 heavy (non-hydrogen) atoms. The van der Waals surface area contributed by atoms with E-state index in [4.69, 9.17) is 9.47 Å². The van der Waals surface area contributed by atoms with Gasteiger partial charge in [-0.3, -0.25) is 5.04 Å². The SMILES string of the molecule is COCCOCCOC(=O)COC(=O)C(F)(F)SOO[O-]. The predicted octanol–water partition coefficient (Wildman–Crippen LogP) is -0.800. The van der Waals surface area contributed by atoms with Crippen LogP contribution < -0.4 is 5.26 Å². The van der Waals surface area contributed by atoms with Crippen LogP contribution in [0.15, 0.2) is 0 Å². The van der Waals surface area contributed by atoms with Crippen LogP contribution >= 0.6 is 12.0 Å². The molecular formula is C9H13F2O9S-. The number of alkyl halides is 2. The molecule has 0 heterocycles. The maximum absolute atomic E-state index is 12.8. The second kappa shape index (κ2) is 11.6. The van der Waals surface area contributed by atoms with E-state index in [1.165, 1.54) is 7.11 Å². The van der Waals surface area contributed by atoms with E-state index < -0.39 is 35.8 Å². The smallest absolute Gasteiger partial charge is 0.415 e. The molecule has 0 N–H and O–H groups in total. The second-order valence-electron chi connectivity index (χ2n) is 3.14. The molecule has 0 aliphatic rings. The van der Waals surface area contributed by atoms with Crippen molar-refractivity contribution in [2.24, 2.45) is 0 Å². The Labute approximate surface area is 122 Å². The molecule has 0 spiro atoms. The Morgan fingerprint density at radius 3 is 2.43 bits per heavy atom. The molecule has 0 unspecified atom stereocenters. The molecule has 0 saturated carbocycles. The van der Waals surface area contributed by atoms with Crippen LogP contribution in [0, 0.1) is 0 Å². The number of carbonyl (C=O) groups excluding carboxylic acids is 2. The van der Waals surface area contributed by atoms with Crippen LogP contribution in [0.3, 0.4) is 0 Å². The summed E-state index contributed by atoms with van der Waals surface area (Å²) < 4.78 is 47.1. The standard InChI is InChI=1S/C9H14F2O9S/c1-15-2-3-16-4-5-17-7(12)6-18-8(13)9(10,11)21-20-19-14/h14H,2-6H2,1H3/p-1. The summed E-state index contributed by atoms with van der Waals surface area (Å²) in [7, 11) is 1.49. The summed E-state index contributed by atoms with van der Waals surface area (Å²) in [5.41, 5.74) is 0. The topological polar surface area (TPSA) is 113 Å². The van der Waals surface area contributed by atoms with Gasteiger partial charge in [-0.2, -0.15) is 13.1 Å². The molecule has 124 valence electrons. The average Bonchev–Trinajstić information content (AvgIpc) is 2.46. The van der Waals surface area contributed by atoms with Gasteiger partial charge < -0.3 is 24.2 Å². The molecule has 0 atom stereocenters. The summed E-state index contributed by atoms with van der Waals surface area (Å²) in [6.07, 6.45) is 0.